The van der Waals surface area contributed by atoms with E-state index >= 15 is 0 Å². The lowest BCUT2D eigenvalue weighted by Crippen LogP contribution is -2.32. The summed E-state index contributed by atoms with van der Waals surface area (Å²) in [5.41, 5.74) is 2.47. The molecule has 122 valence electrons. The van der Waals surface area contributed by atoms with Gasteiger partial charge in [0, 0.05) is 11.7 Å². The molecule has 6 nitrogen and oxygen atoms in total. The number of benzene rings is 1. The molecule has 1 aromatic carbocycles. The van der Waals surface area contributed by atoms with Crippen molar-refractivity contribution in [1.29, 1.82) is 0 Å². The monoisotopic (exact) mass is 327 g/mol. The second-order valence-electron chi connectivity index (χ2n) is 5.09. The molecule has 0 aliphatic carbocycles. The summed E-state index contributed by atoms with van der Waals surface area (Å²) in [6.45, 7) is 1.85. The van der Waals surface area contributed by atoms with Crippen molar-refractivity contribution < 1.29 is 24.6 Å². The number of hydrogen-bond acceptors (Lipinski definition) is 5. The average molecular weight is 327 g/mol. The lowest BCUT2D eigenvalue weighted by Gasteiger charge is -2.24. The summed E-state index contributed by atoms with van der Waals surface area (Å²) in [4.78, 5) is 22.3. The molecule has 1 aromatic rings. The van der Waals surface area contributed by atoms with E-state index in [1.165, 1.54) is 5.48 Å². The van der Waals surface area contributed by atoms with E-state index in [1.54, 1.807) is 6.92 Å². The number of hydrogen-bond donors (Lipinski definition) is 4. The van der Waals surface area contributed by atoms with Gasteiger partial charge in [-0.3, -0.25) is 14.8 Å². The van der Waals surface area contributed by atoms with Crippen LogP contribution in [-0.4, -0.2) is 33.5 Å². The normalized spacial score (nSPS) is 14.9. The summed E-state index contributed by atoms with van der Waals surface area (Å²) in [5, 5.41) is 17.3. The van der Waals surface area contributed by atoms with E-state index in [0.29, 0.717) is 0 Å². The highest BCUT2D eigenvalue weighted by Crippen LogP contribution is 2.20. The molecule has 22 heavy (non-hydrogen) atoms. The molecule has 0 aromatic heterocycles. The van der Waals surface area contributed by atoms with Gasteiger partial charge in [-0.1, -0.05) is 30.3 Å². The third-order valence-corrected chi connectivity index (χ3v) is 3.70. The van der Waals surface area contributed by atoms with Gasteiger partial charge in [0.1, 0.15) is 0 Å². The third kappa shape index (κ3) is 6.46. The van der Waals surface area contributed by atoms with Crippen LogP contribution in [0.4, 0.5) is 0 Å². The molecule has 0 saturated heterocycles. The number of rotatable bonds is 9. The maximum Gasteiger partial charge on any atom is 0.308 e. The molecule has 0 aliphatic heterocycles. The van der Waals surface area contributed by atoms with Crippen molar-refractivity contribution in [3.63, 3.8) is 0 Å². The number of carboxylic acids is 1. The molecule has 0 fully saturated rings. The zero-order valence-electron chi connectivity index (χ0n) is 12.3. The molecule has 3 N–H and O–H groups in total. The lowest BCUT2D eigenvalue weighted by atomic mass is 9.99. The molecule has 0 bridgehead atoms. The lowest BCUT2D eigenvalue weighted by molar-refractivity contribution is -0.147. The maximum atomic E-state index is 11.2. The molecule has 7 heteroatoms. The first-order valence-corrected chi connectivity index (χ1v) is 7.45. The minimum atomic E-state index is -0.967. The van der Waals surface area contributed by atoms with E-state index in [2.05, 4.69) is 12.6 Å². The number of hydroxylamine groups is 1. The molecule has 0 radical (unpaired) electrons. The van der Waals surface area contributed by atoms with Crippen molar-refractivity contribution in [3.05, 3.63) is 35.9 Å². The standard InChI is InChI=1S/C15H21NO5S/c1-10(15(18)19)13(7-12(22)8-14(17)16-20)21-9-11-5-3-2-4-6-11/h2-6,10,12-13,20,22H,7-9H2,1H3,(H,16,17)(H,18,19). The van der Waals surface area contributed by atoms with Crippen molar-refractivity contribution in [3.8, 4) is 0 Å². The molecule has 3 unspecified atom stereocenters. The average Bonchev–Trinajstić information content (AvgIpc) is 2.51. The topological polar surface area (TPSA) is 95.9 Å². The highest BCUT2D eigenvalue weighted by molar-refractivity contribution is 7.81. The van der Waals surface area contributed by atoms with E-state index < -0.39 is 29.1 Å². The number of carbonyl (C=O) groups is 2. The zero-order chi connectivity index (χ0) is 16.5. The van der Waals surface area contributed by atoms with Crippen LogP contribution in [0.2, 0.25) is 0 Å². The number of ether oxygens (including phenoxy) is 1. The van der Waals surface area contributed by atoms with Crippen LogP contribution in [0.1, 0.15) is 25.3 Å². The Labute approximate surface area is 134 Å². The molecule has 1 amide bonds. The first kappa shape index (κ1) is 18.5. The first-order chi connectivity index (χ1) is 10.4. The summed E-state index contributed by atoms with van der Waals surface area (Å²) in [5.74, 6) is -2.26. The Morgan fingerprint density at radius 2 is 1.95 bits per heavy atom. The Hall–Kier alpha value is -1.57. The summed E-state index contributed by atoms with van der Waals surface area (Å²) >= 11 is 4.26. The molecule has 0 aliphatic rings. The van der Waals surface area contributed by atoms with Crippen molar-refractivity contribution >= 4 is 24.5 Å². The summed E-state index contributed by atoms with van der Waals surface area (Å²) in [6.07, 6.45) is -0.305. The van der Waals surface area contributed by atoms with Gasteiger partial charge >= 0.3 is 5.97 Å². The molecule has 3 atom stereocenters. The Kier molecular flexibility index (Phi) is 7.94. The molecule has 1 rings (SSSR count). The second kappa shape index (κ2) is 9.45. The summed E-state index contributed by atoms with van der Waals surface area (Å²) in [7, 11) is 0. The Morgan fingerprint density at radius 3 is 2.50 bits per heavy atom. The van der Waals surface area contributed by atoms with Gasteiger partial charge in [0.25, 0.3) is 0 Å². The van der Waals surface area contributed by atoms with Crippen LogP contribution >= 0.6 is 12.6 Å². The number of carbonyl (C=O) groups excluding carboxylic acids is 1. The van der Waals surface area contributed by atoms with E-state index in [1.807, 2.05) is 30.3 Å². The van der Waals surface area contributed by atoms with Gasteiger partial charge in [0.05, 0.1) is 18.6 Å². The largest absolute Gasteiger partial charge is 0.481 e. The second-order valence-corrected chi connectivity index (χ2v) is 5.82. The van der Waals surface area contributed by atoms with Crippen LogP contribution in [0.15, 0.2) is 30.3 Å². The molecule has 0 heterocycles. The number of amides is 1. The molecular formula is C15H21NO5S. The fraction of sp³-hybridized carbons (Fsp3) is 0.467. The van der Waals surface area contributed by atoms with Gasteiger partial charge < -0.3 is 9.84 Å². The van der Waals surface area contributed by atoms with Crippen molar-refractivity contribution in [1.82, 2.24) is 5.48 Å². The summed E-state index contributed by atoms with van der Waals surface area (Å²) < 4.78 is 5.71. The van der Waals surface area contributed by atoms with Crippen LogP contribution in [0.5, 0.6) is 0 Å². The van der Waals surface area contributed by atoms with E-state index in [4.69, 9.17) is 15.1 Å². The smallest absolute Gasteiger partial charge is 0.308 e. The minimum Gasteiger partial charge on any atom is -0.481 e. The van der Waals surface area contributed by atoms with Gasteiger partial charge in [-0.25, -0.2) is 5.48 Å². The van der Waals surface area contributed by atoms with Gasteiger partial charge in [-0.15, -0.1) is 0 Å². The van der Waals surface area contributed by atoms with Gasteiger partial charge in [-0.05, 0) is 18.9 Å². The van der Waals surface area contributed by atoms with Crippen LogP contribution in [0.25, 0.3) is 0 Å². The SMILES string of the molecule is CC(C(=O)O)C(CC(S)CC(=O)NO)OCc1ccccc1. The number of nitrogens with one attached hydrogen (secondary N) is 1. The predicted octanol–water partition coefficient (Wildman–Crippen LogP) is 1.88. The highest BCUT2D eigenvalue weighted by atomic mass is 32.1. The van der Waals surface area contributed by atoms with Gasteiger partial charge in [-0.2, -0.15) is 12.6 Å². The summed E-state index contributed by atoms with van der Waals surface area (Å²) in [6, 6.07) is 9.42. The fourth-order valence-corrected chi connectivity index (χ4v) is 2.34. The third-order valence-electron chi connectivity index (χ3n) is 3.30. The van der Waals surface area contributed by atoms with E-state index in [-0.39, 0.29) is 19.4 Å². The first-order valence-electron chi connectivity index (χ1n) is 6.93. The fourth-order valence-electron chi connectivity index (χ4n) is 1.96. The van der Waals surface area contributed by atoms with Crippen LogP contribution in [0, 0.1) is 5.92 Å². The predicted molar refractivity (Wildman–Crippen MR) is 83.8 cm³/mol. The van der Waals surface area contributed by atoms with Gasteiger partial charge in [0.2, 0.25) is 5.91 Å². The Morgan fingerprint density at radius 1 is 1.32 bits per heavy atom. The van der Waals surface area contributed by atoms with Gasteiger partial charge in [0.15, 0.2) is 0 Å². The van der Waals surface area contributed by atoms with E-state index in [9.17, 15) is 9.59 Å². The Bertz CT molecular complexity index is 482. The molecular weight excluding hydrogens is 306 g/mol. The van der Waals surface area contributed by atoms with Crippen molar-refractivity contribution in [2.75, 3.05) is 0 Å². The highest BCUT2D eigenvalue weighted by Gasteiger charge is 2.27. The van der Waals surface area contributed by atoms with E-state index in [0.717, 1.165) is 5.56 Å². The van der Waals surface area contributed by atoms with Crippen LogP contribution in [0.3, 0.4) is 0 Å². The van der Waals surface area contributed by atoms with Crippen LogP contribution in [-0.2, 0) is 20.9 Å². The number of thiol groups is 1. The zero-order valence-corrected chi connectivity index (χ0v) is 13.2. The number of aliphatic carboxylic acids is 1. The van der Waals surface area contributed by atoms with Crippen molar-refractivity contribution in [2.45, 2.75) is 37.7 Å². The minimum absolute atomic E-state index is 0.0167. The number of carboxylic acid groups (broad SMARTS) is 1. The Balaban J connectivity index is 2.63. The molecule has 0 saturated carbocycles. The van der Waals surface area contributed by atoms with Crippen LogP contribution < -0.4 is 5.48 Å². The quantitative estimate of drug-likeness (QED) is 0.315. The molecule has 0 spiro atoms. The maximum absolute atomic E-state index is 11.2. The van der Waals surface area contributed by atoms with Crippen molar-refractivity contribution in [2.24, 2.45) is 5.92 Å².